The van der Waals surface area contributed by atoms with Gasteiger partial charge < -0.3 is 10.5 Å². The van der Waals surface area contributed by atoms with Gasteiger partial charge in [0.15, 0.2) is 0 Å². The maximum absolute atomic E-state index is 6.25. The summed E-state index contributed by atoms with van der Waals surface area (Å²) in [6.45, 7) is 11.0. The minimum Gasteiger partial charge on any atom is -0.381 e. The SMILES string of the molecule is CC(C)CCOCCC1CC(C(C)C)CCC1N. The first kappa shape index (κ1) is 16.0. The van der Waals surface area contributed by atoms with Gasteiger partial charge in [0, 0.05) is 19.3 Å². The second kappa shape index (κ2) is 8.16. The van der Waals surface area contributed by atoms with Crippen LogP contribution < -0.4 is 5.73 Å². The molecule has 0 aliphatic heterocycles. The molecule has 18 heavy (non-hydrogen) atoms. The van der Waals surface area contributed by atoms with Crippen LogP contribution in [0.2, 0.25) is 0 Å². The minimum atomic E-state index is 0.411. The first-order valence-corrected chi connectivity index (χ1v) is 7.84. The summed E-state index contributed by atoms with van der Waals surface area (Å²) in [6.07, 6.45) is 6.17. The van der Waals surface area contributed by atoms with Crippen molar-refractivity contribution in [2.45, 2.75) is 65.8 Å². The Kier molecular flexibility index (Phi) is 7.25. The summed E-state index contributed by atoms with van der Waals surface area (Å²) in [6, 6.07) is 0.411. The second-order valence-corrected chi connectivity index (χ2v) is 6.82. The van der Waals surface area contributed by atoms with Crippen LogP contribution in [0.25, 0.3) is 0 Å². The van der Waals surface area contributed by atoms with Gasteiger partial charge in [0.2, 0.25) is 0 Å². The molecule has 0 aromatic rings. The lowest BCUT2D eigenvalue weighted by molar-refractivity contribution is 0.0898. The molecule has 3 unspecified atom stereocenters. The van der Waals surface area contributed by atoms with Gasteiger partial charge >= 0.3 is 0 Å². The van der Waals surface area contributed by atoms with Crippen LogP contribution in [0.1, 0.15) is 59.8 Å². The quantitative estimate of drug-likeness (QED) is 0.702. The molecule has 2 heteroatoms. The van der Waals surface area contributed by atoms with Gasteiger partial charge in [-0.15, -0.1) is 0 Å². The zero-order valence-electron chi connectivity index (χ0n) is 12.8. The molecule has 2 N–H and O–H groups in total. The van der Waals surface area contributed by atoms with Gasteiger partial charge in [-0.1, -0.05) is 27.7 Å². The smallest absolute Gasteiger partial charge is 0.0469 e. The van der Waals surface area contributed by atoms with Crippen molar-refractivity contribution in [1.82, 2.24) is 0 Å². The summed E-state index contributed by atoms with van der Waals surface area (Å²) in [4.78, 5) is 0. The topological polar surface area (TPSA) is 35.2 Å². The second-order valence-electron chi connectivity index (χ2n) is 6.82. The molecule has 0 aromatic carbocycles. The van der Waals surface area contributed by atoms with E-state index in [4.69, 9.17) is 10.5 Å². The Morgan fingerprint density at radius 3 is 2.44 bits per heavy atom. The van der Waals surface area contributed by atoms with Crippen LogP contribution >= 0.6 is 0 Å². The summed E-state index contributed by atoms with van der Waals surface area (Å²) in [7, 11) is 0. The molecule has 1 saturated carbocycles. The molecule has 2 nitrogen and oxygen atoms in total. The van der Waals surface area contributed by atoms with Crippen LogP contribution in [0, 0.1) is 23.7 Å². The van der Waals surface area contributed by atoms with Crippen molar-refractivity contribution in [3.63, 3.8) is 0 Å². The molecule has 1 fully saturated rings. The lowest BCUT2D eigenvalue weighted by Gasteiger charge is -2.36. The Labute approximate surface area is 114 Å². The number of nitrogens with two attached hydrogens (primary N) is 1. The number of hydrogen-bond acceptors (Lipinski definition) is 2. The predicted molar refractivity (Wildman–Crippen MR) is 78.5 cm³/mol. The van der Waals surface area contributed by atoms with E-state index in [-0.39, 0.29) is 0 Å². The van der Waals surface area contributed by atoms with E-state index in [1.165, 1.54) is 25.7 Å². The Bertz CT molecular complexity index is 215. The van der Waals surface area contributed by atoms with Crippen molar-refractivity contribution in [3.05, 3.63) is 0 Å². The zero-order valence-corrected chi connectivity index (χ0v) is 12.8. The van der Waals surface area contributed by atoms with E-state index in [9.17, 15) is 0 Å². The van der Waals surface area contributed by atoms with E-state index in [1.807, 2.05) is 0 Å². The van der Waals surface area contributed by atoms with Crippen molar-refractivity contribution >= 4 is 0 Å². The number of ether oxygens (including phenoxy) is 1. The fourth-order valence-corrected chi connectivity index (χ4v) is 2.92. The third-order valence-corrected chi connectivity index (χ3v) is 4.50. The van der Waals surface area contributed by atoms with Crippen molar-refractivity contribution < 1.29 is 4.74 Å². The normalized spacial score (nSPS) is 29.2. The number of rotatable bonds is 7. The first-order chi connectivity index (χ1) is 8.50. The van der Waals surface area contributed by atoms with Crippen LogP contribution in [-0.4, -0.2) is 19.3 Å². The molecule has 0 amide bonds. The lowest BCUT2D eigenvalue weighted by atomic mass is 9.73. The summed E-state index contributed by atoms with van der Waals surface area (Å²) < 4.78 is 5.74. The van der Waals surface area contributed by atoms with Gasteiger partial charge in [-0.2, -0.15) is 0 Å². The van der Waals surface area contributed by atoms with Gasteiger partial charge in [0.1, 0.15) is 0 Å². The summed E-state index contributed by atoms with van der Waals surface area (Å²) in [5, 5.41) is 0. The largest absolute Gasteiger partial charge is 0.381 e. The van der Waals surface area contributed by atoms with E-state index < -0.39 is 0 Å². The minimum absolute atomic E-state index is 0.411. The van der Waals surface area contributed by atoms with E-state index in [0.29, 0.717) is 12.0 Å². The summed E-state index contributed by atoms with van der Waals surface area (Å²) >= 11 is 0. The molecular weight excluding hydrogens is 222 g/mol. The number of hydrogen-bond donors (Lipinski definition) is 1. The van der Waals surface area contributed by atoms with E-state index in [1.54, 1.807) is 0 Å². The van der Waals surface area contributed by atoms with E-state index in [2.05, 4.69) is 27.7 Å². The summed E-state index contributed by atoms with van der Waals surface area (Å²) in [5.74, 6) is 3.12. The molecule has 0 bridgehead atoms. The fraction of sp³-hybridized carbons (Fsp3) is 1.00. The maximum atomic E-state index is 6.25. The Morgan fingerprint density at radius 2 is 1.83 bits per heavy atom. The van der Waals surface area contributed by atoms with Crippen molar-refractivity contribution in [2.75, 3.05) is 13.2 Å². The average molecular weight is 255 g/mol. The van der Waals surface area contributed by atoms with Gasteiger partial charge in [-0.3, -0.25) is 0 Å². The zero-order chi connectivity index (χ0) is 13.5. The molecule has 1 rings (SSSR count). The fourth-order valence-electron chi connectivity index (χ4n) is 2.92. The first-order valence-electron chi connectivity index (χ1n) is 7.84. The highest BCUT2D eigenvalue weighted by atomic mass is 16.5. The van der Waals surface area contributed by atoms with Crippen LogP contribution in [-0.2, 0) is 4.74 Å². The van der Waals surface area contributed by atoms with Crippen molar-refractivity contribution in [3.8, 4) is 0 Å². The molecule has 108 valence electrons. The molecular formula is C16H33NO. The predicted octanol–water partition coefficient (Wildman–Crippen LogP) is 3.84. The van der Waals surface area contributed by atoms with Gasteiger partial charge in [0.25, 0.3) is 0 Å². The Balaban J connectivity index is 2.18. The van der Waals surface area contributed by atoms with Crippen LogP contribution in [0.5, 0.6) is 0 Å². The van der Waals surface area contributed by atoms with E-state index >= 15 is 0 Å². The van der Waals surface area contributed by atoms with Crippen molar-refractivity contribution in [2.24, 2.45) is 29.4 Å². The maximum Gasteiger partial charge on any atom is 0.0469 e. The lowest BCUT2D eigenvalue weighted by Crippen LogP contribution is -2.38. The Morgan fingerprint density at radius 1 is 1.11 bits per heavy atom. The molecule has 1 aliphatic carbocycles. The van der Waals surface area contributed by atoms with Crippen LogP contribution in [0.3, 0.4) is 0 Å². The summed E-state index contributed by atoms with van der Waals surface area (Å²) in [5.41, 5.74) is 6.25. The third kappa shape index (κ3) is 5.71. The van der Waals surface area contributed by atoms with Gasteiger partial charge in [0.05, 0.1) is 0 Å². The van der Waals surface area contributed by atoms with Crippen molar-refractivity contribution in [1.29, 1.82) is 0 Å². The highest BCUT2D eigenvalue weighted by molar-refractivity contribution is 4.83. The molecule has 0 saturated heterocycles. The van der Waals surface area contributed by atoms with E-state index in [0.717, 1.165) is 37.4 Å². The monoisotopic (exact) mass is 255 g/mol. The Hall–Kier alpha value is -0.0800. The molecule has 0 heterocycles. The molecule has 0 spiro atoms. The molecule has 0 radical (unpaired) electrons. The highest BCUT2D eigenvalue weighted by Gasteiger charge is 2.29. The van der Waals surface area contributed by atoms with Gasteiger partial charge in [-0.25, -0.2) is 0 Å². The van der Waals surface area contributed by atoms with Crippen LogP contribution in [0.4, 0.5) is 0 Å². The van der Waals surface area contributed by atoms with Crippen LogP contribution in [0.15, 0.2) is 0 Å². The molecule has 1 aliphatic rings. The standard InChI is InChI=1S/C16H33NO/c1-12(2)7-9-18-10-8-15-11-14(13(3)4)5-6-16(15)17/h12-16H,5-11,17H2,1-4H3. The van der Waals surface area contributed by atoms with Gasteiger partial charge in [-0.05, 0) is 55.8 Å². The highest BCUT2D eigenvalue weighted by Crippen LogP contribution is 2.34. The molecule has 3 atom stereocenters. The third-order valence-electron chi connectivity index (χ3n) is 4.50. The average Bonchev–Trinajstić information content (AvgIpc) is 2.30. The molecule has 0 aromatic heterocycles.